The molecule has 114 valence electrons. The number of aliphatic hydroxyl groups excluding tert-OH is 1. The van der Waals surface area contributed by atoms with Gasteiger partial charge in [-0.15, -0.1) is 0 Å². The second-order valence-corrected chi connectivity index (χ2v) is 5.08. The van der Waals surface area contributed by atoms with Crippen molar-refractivity contribution >= 4 is 0 Å². The fourth-order valence-electron chi connectivity index (χ4n) is 2.34. The third kappa shape index (κ3) is 3.28. The number of aromatic nitrogens is 1. The normalized spacial score (nSPS) is 12.1. The molecule has 0 spiro atoms. The molecule has 1 aromatic heterocycles. The number of aliphatic hydroxyl groups is 1. The molecule has 0 unspecified atom stereocenters. The molecule has 0 saturated carbocycles. The van der Waals surface area contributed by atoms with Crippen molar-refractivity contribution in [2.24, 2.45) is 0 Å². The van der Waals surface area contributed by atoms with Crippen molar-refractivity contribution in [2.75, 3.05) is 14.1 Å². The van der Waals surface area contributed by atoms with Gasteiger partial charge in [-0.1, -0.05) is 12.1 Å². The zero-order valence-electron chi connectivity index (χ0n) is 11.9. The molecule has 0 aliphatic carbocycles. The van der Waals surface area contributed by atoms with E-state index in [2.05, 4.69) is 0 Å². The molecule has 1 N–H and O–H groups in total. The standard InChI is InChI=1S/C15H17F3N2O/c1-19(2)9-11-5-3-7-13(15(16,17)18)14(11)20-8-4-6-12(20)10-21/h3-8,21H,9-10H2,1-2H3. The zero-order chi connectivity index (χ0) is 15.6. The molecule has 0 bridgehead atoms. The van der Waals surface area contributed by atoms with Crippen LogP contribution in [0, 0.1) is 0 Å². The van der Waals surface area contributed by atoms with Crippen molar-refractivity contribution in [3.05, 3.63) is 53.3 Å². The average molecular weight is 298 g/mol. The van der Waals surface area contributed by atoms with E-state index in [4.69, 9.17) is 0 Å². The summed E-state index contributed by atoms with van der Waals surface area (Å²) in [7, 11) is 3.60. The molecule has 0 amide bonds. The van der Waals surface area contributed by atoms with E-state index in [1.54, 1.807) is 37.2 Å². The number of hydrogen-bond donors (Lipinski definition) is 1. The van der Waals surface area contributed by atoms with Crippen LogP contribution in [0.5, 0.6) is 0 Å². The van der Waals surface area contributed by atoms with E-state index in [9.17, 15) is 18.3 Å². The number of benzene rings is 1. The number of para-hydroxylation sites is 1. The van der Waals surface area contributed by atoms with E-state index < -0.39 is 11.7 Å². The summed E-state index contributed by atoms with van der Waals surface area (Å²) in [6.45, 7) is 0.0584. The molecule has 0 saturated heterocycles. The Bertz CT molecular complexity index is 618. The fraction of sp³-hybridized carbons (Fsp3) is 0.333. The lowest BCUT2D eigenvalue weighted by atomic mass is 10.1. The van der Waals surface area contributed by atoms with Crippen molar-refractivity contribution in [1.29, 1.82) is 0 Å². The zero-order valence-corrected chi connectivity index (χ0v) is 11.9. The van der Waals surface area contributed by atoms with Crippen molar-refractivity contribution in [3.63, 3.8) is 0 Å². The highest BCUT2D eigenvalue weighted by Crippen LogP contribution is 2.36. The van der Waals surface area contributed by atoms with Crippen molar-refractivity contribution in [3.8, 4) is 5.69 Å². The summed E-state index contributed by atoms with van der Waals surface area (Å²) in [5, 5.41) is 9.32. The summed E-state index contributed by atoms with van der Waals surface area (Å²) < 4.78 is 41.3. The van der Waals surface area contributed by atoms with Crippen LogP contribution in [0.4, 0.5) is 13.2 Å². The molecule has 1 heterocycles. The van der Waals surface area contributed by atoms with Crippen molar-refractivity contribution < 1.29 is 18.3 Å². The van der Waals surface area contributed by atoms with Crippen molar-refractivity contribution in [1.82, 2.24) is 9.47 Å². The van der Waals surface area contributed by atoms with Crippen LogP contribution in [0.25, 0.3) is 5.69 Å². The summed E-state index contributed by atoms with van der Waals surface area (Å²) in [5.41, 5.74) is 0.355. The SMILES string of the molecule is CN(C)Cc1cccc(C(F)(F)F)c1-n1cccc1CO. The Morgan fingerprint density at radius 1 is 1.14 bits per heavy atom. The maximum atomic E-state index is 13.3. The fourth-order valence-corrected chi connectivity index (χ4v) is 2.34. The van der Waals surface area contributed by atoms with E-state index in [0.717, 1.165) is 6.07 Å². The average Bonchev–Trinajstić information content (AvgIpc) is 2.84. The first-order valence-electron chi connectivity index (χ1n) is 6.46. The summed E-state index contributed by atoms with van der Waals surface area (Å²) in [6.07, 6.45) is -2.91. The minimum atomic E-state index is -4.45. The Labute approximate surface area is 121 Å². The van der Waals surface area contributed by atoms with Gasteiger partial charge in [-0.05, 0) is 37.9 Å². The van der Waals surface area contributed by atoms with Crippen LogP contribution in [0.3, 0.4) is 0 Å². The Hall–Kier alpha value is -1.79. The summed E-state index contributed by atoms with van der Waals surface area (Å²) in [5.74, 6) is 0. The Kier molecular flexibility index (Phi) is 4.39. The molecular weight excluding hydrogens is 281 g/mol. The van der Waals surface area contributed by atoms with Crippen LogP contribution >= 0.6 is 0 Å². The molecule has 2 aromatic rings. The largest absolute Gasteiger partial charge is 0.418 e. The molecule has 0 aliphatic heterocycles. The van der Waals surface area contributed by atoms with E-state index in [0.29, 0.717) is 17.8 Å². The minimum absolute atomic E-state index is 0.0766. The molecule has 6 heteroatoms. The van der Waals surface area contributed by atoms with Gasteiger partial charge in [0.2, 0.25) is 0 Å². The lowest BCUT2D eigenvalue weighted by Gasteiger charge is -2.21. The van der Waals surface area contributed by atoms with Crippen LogP contribution in [0.1, 0.15) is 16.8 Å². The van der Waals surface area contributed by atoms with Gasteiger partial charge in [-0.25, -0.2) is 0 Å². The number of rotatable bonds is 4. The van der Waals surface area contributed by atoms with E-state index >= 15 is 0 Å². The van der Waals surface area contributed by atoms with Gasteiger partial charge in [0.05, 0.1) is 17.9 Å². The second-order valence-electron chi connectivity index (χ2n) is 5.08. The smallest absolute Gasteiger partial charge is 0.390 e. The first-order chi connectivity index (χ1) is 9.84. The molecule has 0 radical (unpaired) electrons. The predicted octanol–water partition coefficient (Wildman–Crippen LogP) is 3.05. The lowest BCUT2D eigenvalue weighted by molar-refractivity contribution is -0.137. The van der Waals surface area contributed by atoms with Gasteiger partial charge in [0.15, 0.2) is 0 Å². The minimum Gasteiger partial charge on any atom is -0.390 e. The van der Waals surface area contributed by atoms with Gasteiger partial charge >= 0.3 is 6.18 Å². The molecular formula is C15H17F3N2O. The molecule has 1 aromatic carbocycles. The predicted molar refractivity (Wildman–Crippen MR) is 74.1 cm³/mol. The van der Waals surface area contributed by atoms with Crippen LogP contribution in [-0.2, 0) is 19.3 Å². The van der Waals surface area contributed by atoms with E-state index in [-0.39, 0.29) is 12.3 Å². The monoisotopic (exact) mass is 298 g/mol. The third-order valence-electron chi connectivity index (χ3n) is 3.15. The molecule has 0 aliphatic rings. The Morgan fingerprint density at radius 3 is 2.43 bits per heavy atom. The molecule has 21 heavy (non-hydrogen) atoms. The first kappa shape index (κ1) is 15.6. The summed E-state index contributed by atoms with van der Waals surface area (Å²) in [4.78, 5) is 1.81. The molecule has 2 rings (SSSR count). The second kappa shape index (κ2) is 5.91. The van der Waals surface area contributed by atoms with Crippen molar-refractivity contribution in [2.45, 2.75) is 19.3 Å². The summed E-state index contributed by atoms with van der Waals surface area (Å²) >= 11 is 0. The Morgan fingerprint density at radius 2 is 1.86 bits per heavy atom. The topological polar surface area (TPSA) is 28.4 Å². The van der Waals surface area contributed by atoms with Gasteiger partial charge < -0.3 is 14.6 Å². The maximum absolute atomic E-state index is 13.3. The molecule has 0 atom stereocenters. The number of nitrogens with zero attached hydrogens (tertiary/aromatic N) is 2. The first-order valence-corrected chi connectivity index (χ1v) is 6.46. The quantitative estimate of drug-likeness (QED) is 0.939. The van der Waals surface area contributed by atoms with Crippen LogP contribution < -0.4 is 0 Å². The Balaban J connectivity index is 2.70. The van der Waals surface area contributed by atoms with Gasteiger partial charge in [0.1, 0.15) is 0 Å². The number of halogens is 3. The van der Waals surface area contributed by atoms with E-state index in [1.807, 2.05) is 0 Å². The van der Waals surface area contributed by atoms with Crippen LogP contribution in [-0.4, -0.2) is 28.7 Å². The highest BCUT2D eigenvalue weighted by atomic mass is 19.4. The number of hydrogen-bond acceptors (Lipinski definition) is 2. The van der Waals surface area contributed by atoms with Gasteiger partial charge in [-0.2, -0.15) is 13.2 Å². The molecule has 3 nitrogen and oxygen atoms in total. The molecule has 0 fully saturated rings. The van der Waals surface area contributed by atoms with Gasteiger partial charge in [-0.3, -0.25) is 0 Å². The maximum Gasteiger partial charge on any atom is 0.418 e. The summed E-state index contributed by atoms with van der Waals surface area (Å²) in [6, 6.07) is 7.37. The lowest BCUT2D eigenvalue weighted by Crippen LogP contribution is -2.18. The highest BCUT2D eigenvalue weighted by Gasteiger charge is 2.35. The van der Waals surface area contributed by atoms with Crippen LogP contribution in [0.15, 0.2) is 36.5 Å². The van der Waals surface area contributed by atoms with Gasteiger partial charge in [0.25, 0.3) is 0 Å². The van der Waals surface area contributed by atoms with Gasteiger partial charge in [0, 0.05) is 18.4 Å². The third-order valence-corrected chi connectivity index (χ3v) is 3.15. The number of alkyl halides is 3. The van der Waals surface area contributed by atoms with E-state index in [1.165, 1.54) is 16.8 Å². The highest BCUT2D eigenvalue weighted by molar-refractivity contribution is 5.51. The van der Waals surface area contributed by atoms with Crippen LogP contribution in [0.2, 0.25) is 0 Å².